The zero-order valence-corrected chi connectivity index (χ0v) is 7.30. The third-order valence-corrected chi connectivity index (χ3v) is 1.86. The monoisotopic (exact) mass is 149 g/mol. The molecule has 0 aromatic rings. The van der Waals surface area contributed by atoms with E-state index in [1.165, 1.54) is 5.57 Å². The van der Waals surface area contributed by atoms with Crippen LogP contribution in [0.4, 0.5) is 0 Å². The van der Waals surface area contributed by atoms with Crippen LogP contribution in [0.25, 0.3) is 0 Å². The number of allylic oxidation sites excluding steroid dienone is 4. The first-order valence-electron chi connectivity index (χ1n) is 4.22. The predicted molar refractivity (Wildman–Crippen MR) is 49.9 cm³/mol. The Morgan fingerprint density at radius 2 is 2.09 bits per heavy atom. The van der Waals surface area contributed by atoms with Crippen LogP contribution in [0.15, 0.2) is 28.4 Å². The topological polar surface area (TPSA) is 12.4 Å². The summed E-state index contributed by atoms with van der Waals surface area (Å²) in [4.78, 5) is 4.30. The number of nitrogens with zero attached hydrogens (tertiary/aromatic N) is 1. The molecule has 0 spiro atoms. The number of hydrogen-bond donors (Lipinski definition) is 0. The van der Waals surface area contributed by atoms with Crippen molar-refractivity contribution in [3.63, 3.8) is 0 Å². The highest BCUT2D eigenvalue weighted by molar-refractivity contribution is 5.79. The summed E-state index contributed by atoms with van der Waals surface area (Å²) in [5.41, 5.74) is 2.50. The molecule has 0 aromatic heterocycles. The van der Waals surface area contributed by atoms with Gasteiger partial charge >= 0.3 is 0 Å². The Hall–Kier alpha value is -0.850. The summed E-state index contributed by atoms with van der Waals surface area (Å²) in [6.45, 7) is 4.22. The van der Waals surface area contributed by atoms with Crippen LogP contribution in [-0.4, -0.2) is 6.21 Å². The third kappa shape index (κ3) is 2.71. The fraction of sp³-hybridized carbons (Fsp3) is 0.500. The van der Waals surface area contributed by atoms with E-state index in [-0.39, 0.29) is 0 Å². The molecule has 1 aliphatic rings. The van der Waals surface area contributed by atoms with Crippen molar-refractivity contribution >= 4 is 6.21 Å². The predicted octanol–water partition coefficient (Wildman–Crippen LogP) is 3.09. The van der Waals surface area contributed by atoms with E-state index in [1.54, 1.807) is 0 Å². The van der Waals surface area contributed by atoms with Gasteiger partial charge in [-0.25, -0.2) is 0 Å². The van der Waals surface area contributed by atoms with Crippen molar-refractivity contribution in [1.82, 2.24) is 0 Å². The zero-order chi connectivity index (χ0) is 8.10. The summed E-state index contributed by atoms with van der Waals surface area (Å²) in [5.74, 6) is 0. The lowest BCUT2D eigenvalue weighted by atomic mass is 10.1. The molecule has 11 heavy (non-hydrogen) atoms. The second kappa shape index (κ2) is 4.12. The van der Waals surface area contributed by atoms with Crippen molar-refractivity contribution in [2.45, 2.75) is 33.1 Å². The molecule has 0 amide bonds. The Balaban J connectivity index is 2.71. The second-order valence-electron chi connectivity index (χ2n) is 2.81. The minimum Gasteiger partial charge on any atom is -0.262 e. The highest BCUT2D eigenvalue weighted by Gasteiger charge is 1.92. The lowest BCUT2D eigenvalue weighted by Crippen LogP contribution is -1.86. The first-order valence-corrected chi connectivity index (χ1v) is 4.22. The van der Waals surface area contributed by atoms with Gasteiger partial charge in [-0.3, -0.25) is 4.99 Å². The second-order valence-corrected chi connectivity index (χ2v) is 2.81. The molecule has 0 unspecified atom stereocenters. The molecule has 0 radical (unpaired) electrons. The maximum atomic E-state index is 4.30. The highest BCUT2D eigenvalue weighted by Crippen LogP contribution is 2.08. The van der Waals surface area contributed by atoms with E-state index in [0.29, 0.717) is 0 Å². The molecule has 0 fully saturated rings. The van der Waals surface area contributed by atoms with Gasteiger partial charge < -0.3 is 0 Å². The van der Waals surface area contributed by atoms with Crippen LogP contribution in [0, 0.1) is 0 Å². The van der Waals surface area contributed by atoms with Gasteiger partial charge in [-0.15, -0.1) is 0 Å². The van der Waals surface area contributed by atoms with E-state index in [4.69, 9.17) is 0 Å². The van der Waals surface area contributed by atoms with Crippen LogP contribution in [0.2, 0.25) is 0 Å². The maximum Gasteiger partial charge on any atom is 0.0333 e. The molecule has 1 heteroatoms. The summed E-state index contributed by atoms with van der Waals surface area (Å²) in [7, 11) is 0. The van der Waals surface area contributed by atoms with Crippen molar-refractivity contribution in [2.24, 2.45) is 4.99 Å². The molecular weight excluding hydrogens is 134 g/mol. The van der Waals surface area contributed by atoms with Crippen molar-refractivity contribution in [3.8, 4) is 0 Å². The quantitative estimate of drug-likeness (QED) is 0.543. The summed E-state index contributed by atoms with van der Waals surface area (Å²) in [5, 5.41) is 0. The van der Waals surface area contributed by atoms with E-state index >= 15 is 0 Å². The van der Waals surface area contributed by atoms with Crippen molar-refractivity contribution in [1.29, 1.82) is 0 Å². The van der Waals surface area contributed by atoms with Crippen LogP contribution >= 0.6 is 0 Å². The van der Waals surface area contributed by atoms with Crippen molar-refractivity contribution in [2.75, 3.05) is 0 Å². The Morgan fingerprint density at radius 1 is 1.36 bits per heavy atom. The number of aliphatic imine (C=N–C) groups is 1. The van der Waals surface area contributed by atoms with Crippen LogP contribution < -0.4 is 0 Å². The van der Waals surface area contributed by atoms with Gasteiger partial charge in [0.2, 0.25) is 0 Å². The molecular formula is C10H15N. The van der Waals surface area contributed by atoms with Gasteiger partial charge in [0.15, 0.2) is 0 Å². The molecule has 1 aliphatic heterocycles. The number of hydrogen-bond acceptors (Lipinski definition) is 1. The molecule has 0 saturated heterocycles. The fourth-order valence-electron chi connectivity index (χ4n) is 1.09. The SMILES string of the molecule is CCC1=CCCC=C(C)N=C1. The third-order valence-electron chi connectivity index (χ3n) is 1.86. The lowest BCUT2D eigenvalue weighted by molar-refractivity contribution is 0.999. The summed E-state index contributed by atoms with van der Waals surface area (Å²) >= 11 is 0. The average Bonchev–Trinajstić information content (AvgIpc) is 1.98. The average molecular weight is 149 g/mol. The van der Waals surface area contributed by atoms with E-state index in [0.717, 1.165) is 25.0 Å². The van der Waals surface area contributed by atoms with Gasteiger partial charge in [0.25, 0.3) is 0 Å². The lowest BCUT2D eigenvalue weighted by Gasteiger charge is -2.00. The normalized spacial score (nSPS) is 18.4. The largest absolute Gasteiger partial charge is 0.262 e. The van der Waals surface area contributed by atoms with Crippen LogP contribution in [0.1, 0.15) is 33.1 Å². The van der Waals surface area contributed by atoms with Crippen LogP contribution in [0.3, 0.4) is 0 Å². The first-order chi connectivity index (χ1) is 5.33. The molecule has 0 aromatic carbocycles. The molecule has 0 bridgehead atoms. The van der Waals surface area contributed by atoms with Crippen molar-refractivity contribution < 1.29 is 0 Å². The Bertz CT molecular complexity index is 209. The van der Waals surface area contributed by atoms with Crippen molar-refractivity contribution in [3.05, 3.63) is 23.4 Å². The summed E-state index contributed by atoms with van der Waals surface area (Å²) in [6.07, 6.45) is 9.81. The Labute approximate surface area is 68.5 Å². The minimum atomic E-state index is 1.09. The van der Waals surface area contributed by atoms with Gasteiger partial charge in [0, 0.05) is 11.9 Å². The molecule has 1 nitrogen and oxygen atoms in total. The molecule has 0 atom stereocenters. The Morgan fingerprint density at radius 3 is 2.82 bits per heavy atom. The number of rotatable bonds is 1. The summed E-state index contributed by atoms with van der Waals surface area (Å²) in [6, 6.07) is 0. The van der Waals surface area contributed by atoms with E-state index in [1.807, 2.05) is 6.21 Å². The van der Waals surface area contributed by atoms with Gasteiger partial charge in [-0.05, 0) is 31.8 Å². The van der Waals surface area contributed by atoms with Gasteiger partial charge in [-0.1, -0.05) is 19.1 Å². The minimum absolute atomic E-state index is 1.09. The first kappa shape index (κ1) is 8.25. The molecule has 0 aliphatic carbocycles. The maximum absolute atomic E-state index is 4.30. The molecule has 1 rings (SSSR count). The summed E-state index contributed by atoms with van der Waals surface area (Å²) < 4.78 is 0. The fourth-order valence-corrected chi connectivity index (χ4v) is 1.09. The zero-order valence-electron chi connectivity index (χ0n) is 7.30. The molecule has 0 saturated carbocycles. The van der Waals surface area contributed by atoms with E-state index in [9.17, 15) is 0 Å². The van der Waals surface area contributed by atoms with E-state index < -0.39 is 0 Å². The standard InChI is InChI=1S/C10H15N/c1-3-10-7-5-4-6-9(2)11-8-10/h6-8H,3-5H2,1-2H3. The van der Waals surface area contributed by atoms with Crippen LogP contribution in [0.5, 0.6) is 0 Å². The smallest absolute Gasteiger partial charge is 0.0333 e. The van der Waals surface area contributed by atoms with Gasteiger partial charge in [-0.2, -0.15) is 0 Å². The molecule has 1 heterocycles. The Kier molecular flexibility index (Phi) is 3.09. The highest BCUT2D eigenvalue weighted by atomic mass is 14.7. The van der Waals surface area contributed by atoms with E-state index in [2.05, 4.69) is 31.0 Å². The van der Waals surface area contributed by atoms with Gasteiger partial charge in [0.1, 0.15) is 0 Å². The van der Waals surface area contributed by atoms with Gasteiger partial charge in [0.05, 0.1) is 0 Å². The molecule has 60 valence electrons. The molecule has 0 N–H and O–H groups in total. The van der Waals surface area contributed by atoms with Crippen LogP contribution in [-0.2, 0) is 0 Å².